The minimum absolute atomic E-state index is 0.0665. The molecule has 1 N–H and O–H groups in total. The third-order valence-corrected chi connectivity index (χ3v) is 6.25. The van der Waals surface area contributed by atoms with Gasteiger partial charge in [-0.05, 0) is 25.3 Å². The molecule has 2 aliphatic rings. The van der Waals surface area contributed by atoms with Crippen LogP contribution in [0.1, 0.15) is 25.3 Å². The lowest BCUT2D eigenvalue weighted by atomic mass is 10.0. The molecule has 24 heavy (non-hydrogen) atoms. The van der Waals surface area contributed by atoms with E-state index in [0.717, 1.165) is 38.2 Å². The molecule has 1 spiro atoms. The van der Waals surface area contributed by atoms with Gasteiger partial charge >= 0.3 is 5.97 Å². The molecule has 2 aliphatic heterocycles. The molecule has 5 heteroatoms. The fraction of sp³-hybridized carbons (Fsp3) is 0.526. The summed E-state index contributed by atoms with van der Waals surface area (Å²) in [6, 6.07) is 10.3. The van der Waals surface area contributed by atoms with Crippen LogP contribution in [0.15, 0.2) is 36.4 Å². The first kappa shape index (κ1) is 17.5. The highest BCUT2D eigenvalue weighted by molar-refractivity contribution is 8.01. The number of benzene rings is 1. The highest BCUT2D eigenvalue weighted by Crippen LogP contribution is 2.39. The average Bonchev–Trinajstić information content (AvgIpc) is 3.02. The van der Waals surface area contributed by atoms with E-state index in [4.69, 9.17) is 4.74 Å². The maximum absolute atomic E-state index is 11.9. The molecule has 0 bridgehead atoms. The van der Waals surface area contributed by atoms with E-state index in [0.29, 0.717) is 6.61 Å². The van der Waals surface area contributed by atoms with Crippen molar-refractivity contribution >= 4 is 23.8 Å². The molecule has 3 rings (SSSR count). The molecule has 0 radical (unpaired) electrons. The second kappa shape index (κ2) is 8.19. The minimum Gasteiger partial charge on any atom is -0.465 e. The summed E-state index contributed by atoms with van der Waals surface area (Å²) in [6.45, 7) is 5.42. The smallest absolute Gasteiger partial charge is 0.324 e. The van der Waals surface area contributed by atoms with Gasteiger partial charge in [-0.3, -0.25) is 15.0 Å². The molecule has 0 aromatic heterocycles. The number of hydrogen-bond acceptors (Lipinski definition) is 5. The number of hydrogen-bond donors (Lipinski definition) is 1. The molecule has 2 heterocycles. The number of esters is 1. The number of nitrogens with zero attached hydrogens (tertiary/aromatic N) is 1. The molecule has 2 saturated heterocycles. The Morgan fingerprint density at radius 1 is 1.38 bits per heavy atom. The van der Waals surface area contributed by atoms with Gasteiger partial charge in [0.15, 0.2) is 0 Å². The predicted octanol–water partition coefficient (Wildman–Crippen LogP) is 2.76. The number of piperidine rings is 1. The summed E-state index contributed by atoms with van der Waals surface area (Å²) in [5.74, 6) is 0.724. The van der Waals surface area contributed by atoms with Crippen LogP contribution in [0.2, 0.25) is 0 Å². The van der Waals surface area contributed by atoms with Gasteiger partial charge in [-0.25, -0.2) is 0 Å². The van der Waals surface area contributed by atoms with Crippen molar-refractivity contribution in [2.24, 2.45) is 0 Å². The standard InChI is InChI=1S/C19H26N2O2S/c1-2-23-18(22)17-15-24-19(20-17)10-13-21(14-11-19)12-6-9-16-7-4-3-5-8-16/h3-9,17,20H,2,10-15H2,1H3. The lowest BCUT2D eigenvalue weighted by Crippen LogP contribution is -2.52. The van der Waals surface area contributed by atoms with E-state index < -0.39 is 0 Å². The lowest BCUT2D eigenvalue weighted by molar-refractivity contribution is -0.145. The number of carbonyl (C=O) groups is 1. The van der Waals surface area contributed by atoms with Crippen molar-refractivity contribution in [3.63, 3.8) is 0 Å². The molecule has 1 aromatic carbocycles. The Bertz CT molecular complexity index is 568. The molecule has 1 unspecified atom stereocenters. The maximum Gasteiger partial charge on any atom is 0.324 e. The van der Waals surface area contributed by atoms with Gasteiger partial charge in [-0.1, -0.05) is 42.5 Å². The zero-order valence-corrected chi connectivity index (χ0v) is 15.1. The number of ether oxygens (including phenoxy) is 1. The highest BCUT2D eigenvalue weighted by atomic mass is 32.2. The second-order valence-electron chi connectivity index (χ2n) is 6.37. The van der Waals surface area contributed by atoms with Gasteiger partial charge in [0.1, 0.15) is 6.04 Å². The van der Waals surface area contributed by atoms with Crippen molar-refractivity contribution in [2.45, 2.75) is 30.7 Å². The predicted molar refractivity (Wildman–Crippen MR) is 99.9 cm³/mol. The van der Waals surface area contributed by atoms with E-state index in [1.54, 1.807) is 0 Å². The Hall–Kier alpha value is -1.30. The zero-order chi connectivity index (χ0) is 16.8. The lowest BCUT2D eigenvalue weighted by Gasteiger charge is -2.38. The summed E-state index contributed by atoms with van der Waals surface area (Å²) >= 11 is 1.89. The second-order valence-corrected chi connectivity index (χ2v) is 7.77. The van der Waals surface area contributed by atoms with E-state index >= 15 is 0 Å². The maximum atomic E-state index is 11.9. The summed E-state index contributed by atoms with van der Waals surface area (Å²) in [6.07, 6.45) is 6.58. The molecule has 0 aliphatic carbocycles. The number of rotatable bonds is 5. The van der Waals surface area contributed by atoms with E-state index in [-0.39, 0.29) is 16.9 Å². The van der Waals surface area contributed by atoms with Crippen LogP contribution in [-0.2, 0) is 9.53 Å². The van der Waals surface area contributed by atoms with Crippen LogP contribution in [0.4, 0.5) is 0 Å². The monoisotopic (exact) mass is 346 g/mol. The normalized spacial score (nSPS) is 23.8. The Balaban J connectivity index is 1.44. The number of likely N-dealkylation sites (tertiary alicyclic amines) is 1. The van der Waals surface area contributed by atoms with Crippen molar-refractivity contribution in [3.8, 4) is 0 Å². The van der Waals surface area contributed by atoms with Crippen molar-refractivity contribution in [1.29, 1.82) is 0 Å². The molecule has 1 atom stereocenters. The fourth-order valence-corrected chi connectivity index (χ4v) is 4.70. The highest BCUT2D eigenvalue weighted by Gasteiger charge is 2.44. The first-order valence-electron chi connectivity index (χ1n) is 8.73. The van der Waals surface area contributed by atoms with Crippen LogP contribution < -0.4 is 5.32 Å². The van der Waals surface area contributed by atoms with Crippen LogP contribution in [0.5, 0.6) is 0 Å². The Labute approximate surface area is 148 Å². The first-order chi connectivity index (χ1) is 11.7. The van der Waals surface area contributed by atoms with Gasteiger partial charge in [0, 0.05) is 25.4 Å². The van der Waals surface area contributed by atoms with Crippen molar-refractivity contribution in [1.82, 2.24) is 10.2 Å². The summed E-state index contributed by atoms with van der Waals surface area (Å²) in [5, 5.41) is 3.54. The van der Waals surface area contributed by atoms with E-state index in [2.05, 4.69) is 46.6 Å². The molecule has 0 saturated carbocycles. The molecule has 2 fully saturated rings. The van der Waals surface area contributed by atoms with Gasteiger partial charge in [0.05, 0.1) is 11.5 Å². The van der Waals surface area contributed by atoms with E-state index in [1.807, 2.05) is 24.8 Å². The number of carbonyl (C=O) groups excluding carboxylic acids is 1. The van der Waals surface area contributed by atoms with Crippen LogP contribution in [-0.4, -0.2) is 53.8 Å². The molecular formula is C19H26N2O2S. The number of thioether (sulfide) groups is 1. The van der Waals surface area contributed by atoms with Gasteiger partial charge in [0.2, 0.25) is 0 Å². The summed E-state index contributed by atoms with van der Waals surface area (Å²) in [7, 11) is 0. The summed E-state index contributed by atoms with van der Waals surface area (Å²) < 4.78 is 5.14. The molecule has 0 amide bonds. The molecular weight excluding hydrogens is 320 g/mol. The van der Waals surface area contributed by atoms with Crippen molar-refractivity contribution in [3.05, 3.63) is 42.0 Å². The Morgan fingerprint density at radius 2 is 2.12 bits per heavy atom. The molecule has 1 aromatic rings. The largest absolute Gasteiger partial charge is 0.465 e. The van der Waals surface area contributed by atoms with E-state index in [1.165, 1.54) is 5.56 Å². The zero-order valence-electron chi connectivity index (χ0n) is 14.2. The molecule has 4 nitrogen and oxygen atoms in total. The summed E-state index contributed by atoms with van der Waals surface area (Å²) in [4.78, 5) is 14.4. The van der Waals surface area contributed by atoms with Gasteiger partial charge in [0.25, 0.3) is 0 Å². The first-order valence-corrected chi connectivity index (χ1v) is 9.71. The van der Waals surface area contributed by atoms with Gasteiger partial charge in [-0.2, -0.15) is 0 Å². The SMILES string of the molecule is CCOC(=O)C1CSC2(CCN(CC=Cc3ccccc3)CC2)N1. The van der Waals surface area contributed by atoms with Crippen LogP contribution >= 0.6 is 11.8 Å². The van der Waals surface area contributed by atoms with E-state index in [9.17, 15) is 4.79 Å². The fourth-order valence-electron chi connectivity index (χ4n) is 3.30. The van der Waals surface area contributed by atoms with Gasteiger partial charge < -0.3 is 4.74 Å². The van der Waals surface area contributed by atoms with Crippen LogP contribution in [0.3, 0.4) is 0 Å². The summed E-state index contributed by atoms with van der Waals surface area (Å²) in [5.41, 5.74) is 1.25. The number of nitrogens with one attached hydrogen (secondary N) is 1. The van der Waals surface area contributed by atoms with Crippen LogP contribution in [0.25, 0.3) is 6.08 Å². The topological polar surface area (TPSA) is 41.6 Å². The quantitative estimate of drug-likeness (QED) is 0.831. The van der Waals surface area contributed by atoms with Gasteiger partial charge in [-0.15, -0.1) is 11.8 Å². The van der Waals surface area contributed by atoms with Crippen molar-refractivity contribution < 1.29 is 9.53 Å². The minimum atomic E-state index is -0.139. The Kier molecular flexibility index (Phi) is 5.98. The van der Waals surface area contributed by atoms with Crippen molar-refractivity contribution in [2.75, 3.05) is 32.0 Å². The Morgan fingerprint density at radius 3 is 2.83 bits per heavy atom. The molecule has 130 valence electrons. The van der Waals surface area contributed by atoms with Crippen LogP contribution in [0, 0.1) is 0 Å². The third kappa shape index (κ3) is 4.41. The average molecular weight is 346 g/mol. The third-order valence-electron chi connectivity index (χ3n) is 4.67.